The van der Waals surface area contributed by atoms with Crippen molar-refractivity contribution in [3.63, 3.8) is 0 Å². The topological polar surface area (TPSA) is 82.2 Å². The average Bonchev–Trinajstić information content (AvgIpc) is 3.17. The van der Waals surface area contributed by atoms with E-state index in [4.69, 9.17) is 0 Å². The van der Waals surface area contributed by atoms with Crippen LogP contribution in [-0.4, -0.2) is 53.9 Å². The third kappa shape index (κ3) is 3.62. The monoisotopic (exact) mass is 399 g/mol. The second kappa shape index (κ2) is 7.52. The van der Waals surface area contributed by atoms with Crippen molar-refractivity contribution in [2.75, 3.05) is 25.0 Å². The van der Waals surface area contributed by atoms with Gasteiger partial charge in [0.15, 0.2) is 0 Å². The Bertz CT molecular complexity index is 1050. The molecule has 1 N–H and O–H groups in total. The Hall–Kier alpha value is -2.45. The van der Waals surface area contributed by atoms with Crippen LogP contribution >= 0.6 is 0 Å². The lowest BCUT2D eigenvalue weighted by Gasteiger charge is -2.42. The highest BCUT2D eigenvalue weighted by Crippen LogP contribution is 2.31. The highest BCUT2D eigenvalue weighted by Gasteiger charge is 2.35. The van der Waals surface area contributed by atoms with Gasteiger partial charge in [-0.2, -0.15) is 4.31 Å². The van der Waals surface area contributed by atoms with Gasteiger partial charge in [-0.3, -0.25) is 4.98 Å². The number of likely N-dealkylation sites (N-methyl/N-ethyl adjacent to an activating group) is 1. The van der Waals surface area contributed by atoms with Crippen molar-refractivity contribution in [1.29, 1.82) is 0 Å². The summed E-state index contributed by atoms with van der Waals surface area (Å²) in [5.74, 6) is 0.323. The molecule has 0 radical (unpaired) electrons. The molecular weight excluding hydrogens is 374 g/mol. The Balaban J connectivity index is 1.57. The Kier molecular flexibility index (Phi) is 5.07. The number of sulfonamides is 1. The molecule has 7 nitrogen and oxygen atoms in total. The molecule has 8 heteroatoms. The molecule has 28 heavy (non-hydrogen) atoms. The molecular formula is C20H25N5O2S. The van der Waals surface area contributed by atoms with Crippen LogP contribution in [0.5, 0.6) is 0 Å². The van der Waals surface area contributed by atoms with Crippen molar-refractivity contribution >= 4 is 26.7 Å². The van der Waals surface area contributed by atoms with Gasteiger partial charge in [-0.15, -0.1) is 0 Å². The fourth-order valence-electron chi connectivity index (χ4n) is 3.97. The van der Waals surface area contributed by atoms with Gasteiger partial charge in [-0.1, -0.05) is 13.0 Å². The molecule has 1 fully saturated rings. The first-order valence-electron chi connectivity index (χ1n) is 9.48. The van der Waals surface area contributed by atoms with Crippen molar-refractivity contribution in [2.45, 2.75) is 25.1 Å². The molecule has 1 aliphatic rings. The molecule has 3 aromatic rings. The minimum atomic E-state index is -3.41. The SMILES string of the molecule is C[C@@H]1CCN(S(=O)(=O)Cc2ccccn2)CC1N(C)c1ccnc2[nH]ccc12. The highest BCUT2D eigenvalue weighted by atomic mass is 32.2. The first-order chi connectivity index (χ1) is 13.5. The van der Waals surface area contributed by atoms with Crippen molar-refractivity contribution < 1.29 is 8.42 Å². The summed E-state index contributed by atoms with van der Waals surface area (Å²) in [4.78, 5) is 13.9. The molecule has 0 aromatic carbocycles. The van der Waals surface area contributed by atoms with Gasteiger partial charge in [0, 0.05) is 55.8 Å². The Morgan fingerprint density at radius 2 is 2.07 bits per heavy atom. The maximum atomic E-state index is 13.0. The predicted octanol–water partition coefficient (Wildman–Crippen LogP) is 2.63. The second-order valence-electron chi connectivity index (χ2n) is 7.45. The van der Waals surface area contributed by atoms with E-state index < -0.39 is 10.0 Å². The largest absolute Gasteiger partial charge is 0.369 e. The number of hydrogen-bond acceptors (Lipinski definition) is 5. The Labute approximate surface area is 165 Å². The van der Waals surface area contributed by atoms with Crippen LogP contribution in [0.3, 0.4) is 0 Å². The van der Waals surface area contributed by atoms with Gasteiger partial charge >= 0.3 is 0 Å². The zero-order valence-electron chi connectivity index (χ0n) is 16.1. The third-order valence-electron chi connectivity index (χ3n) is 5.65. The first kappa shape index (κ1) is 18.9. The normalized spacial score (nSPS) is 21.1. The summed E-state index contributed by atoms with van der Waals surface area (Å²) in [6.45, 7) is 3.22. The number of aromatic amines is 1. The minimum Gasteiger partial charge on any atom is -0.369 e. The highest BCUT2D eigenvalue weighted by molar-refractivity contribution is 7.88. The summed E-state index contributed by atoms with van der Waals surface area (Å²) in [7, 11) is -1.37. The first-order valence-corrected chi connectivity index (χ1v) is 11.1. The summed E-state index contributed by atoms with van der Waals surface area (Å²) in [5, 5.41) is 1.05. The Morgan fingerprint density at radius 1 is 1.21 bits per heavy atom. The summed E-state index contributed by atoms with van der Waals surface area (Å²) in [5.41, 5.74) is 2.48. The molecule has 0 aliphatic carbocycles. The molecule has 148 valence electrons. The van der Waals surface area contributed by atoms with Crippen LogP contribution in [0.2, 0.25) is 0 Å². The van der Waals surface area contributed by atoms with E-state index in [0.717, 1.165) is 23.1 Å². The van der Waals surface area contributed by atoms with Gasteiger partial charge in [0.05, 0.1) is 5.69 Å². The number of nitrogens with one attached hydrogen (secondary N) is 1. The van der Waals surface area contributed by atoms with E-state index in [-0.39, 0.29) is 11.8 Å². The van der Waals surface area contributed by atoms with E-state index in [9.17, 15) is 8.42 Å². The van der Waals surface area contributed by atoms with Crippen LogP contribution in [0.25, 0.3) is 11.0 Å². The van der Waals surface area contributed by atoms with Crippen LogP contribution < -0.4 is 4.90 Å². The minimum absolute atomic E-state index is 0.0596. The summed E-state index contributed by atoms with van der Waals surface area (Å²) in [6, 6.07) is 9.46. The molecule has 1 unspecified atom stereocenters. The van der Waals surface area contributed by atoms with Gasteiger partial charge in [0.25, 0.3) is 0 Å². The second-order valence-corrected chi connectivity index (χ2v) is 9.42. The maximum Gasteiger partial charge on any atom is 0.219 e. The molecule has 1 saturated heterocycles. The molecule has 1 aliphatic heterocycles. The lowest BCUT2D eigenvalue weighted by molar-refractivity contribution is 0.247. The van der Waals surface area contributed by atoms with Crippen LogP contribution in [0, 0.1) is 5.92 Å². The molecule has 2 atom stereocenters. The zero-order chi connectivity index (χ0) is 19.7. The summed E-state index contributed by atoms with van der Waals surface area (Å²) in [6.07, 6.45) is 6.12. The van der Waals surface area contributed by atoms with Gasteiger partial charge in [-0.25, -0.2) is 13.4 Å². The van der Waals surface area contributed by atoms with E-state index >= 15 is 0 Å². The van der Waals surface area contributed by atoms with Gasteiger partial charge in [-0.05, 0) is 36.6 Å². The van der Waals surface area contributed by atoms with E-state index in [0.29, 0.717) is 24.7 Å². The third-order valence-corrected chi connectivity index (χ3v) is 7.42. The molecule has 0 spiro atoms. The number of hydrogen-bond donors (Lipinski definition) is 1. The van der Waals surface area contributed by atoms with E-state index in [2.05, 4.69) is 26.8 Å². The smallest absolute Gasteiger partial charge is 0.219 e. The van der Waals surface area contributed by atoms with Gasteiger partial charge in [0.2, 0.25) is 10.0 Å². The number of rotatable bonds is 5. The van der Waals surface area contributed by atoms with Crippen molar-refractivity contribution in [1.82, 2.24) is 19.3 Å². The number of nitrogens with zero attached hydrogens (tertiary/aromatic N) is 4. The maximum absolute atomic E-state index is 13.0. The summed E-state index contributed by atoms with van der Waals surface area (Å²) < 4.78 is 27.6. The van der Waals surface area contributed by atoms with Crippen molar-refractivity contribution in [3.05, 3.63) is 54.6 Å². The predicted molar refractivity (Wildman–Crippen MR) is 110 cm³/mol. The number of piperidine rings is 1. The van der Waals surface area contributed by atoms with E-state index in [1.807, 2.05) is 31.4 Å². The fourth-order valence-corrected chi connectivity index (χ4v) is 5.46. The molecule has 0 saturated carbocycles. The number of aromatic nitrogens is 3. The van der Waals surface area contributed by atoms with E-state index in [1.54, 1.807) is 28.8 Å². The molecule has 0 amide bonds. The van der Waals surface area contributed by atoms with Gasteiger partial charge < -0.3 is 9.88 Å². The summed E-state index contributed by atoms with van der Waals surface area (Å²) >= 11 is 0. The number of fused-ring (bicyclic) bond motifs is 1. The standard InChI is InChI=1S/C20H25N5O2S/c1-15-8-12-25(28(26,27)14-16-5-3-4-9-21-16)13-19(15)24(2)18-7-11-23-20-17(18)6-10-22-20/h3-7,9-11,15,19H,8,12-14H2,1-2H3,(H,22,23)/t15-,19?/m1/s1. The van der Waals surface area contributed by atoms with Crippen molar-refractivity contribution in [2.24, 2.45) is 5.92 Å². The lowest BCUT2D eigenvalue weighted by atomic mass is 9.93. The number of pyridine rings is 2. The molecule has 0 bridgehead atoms. The van der Waals surface area contributed by atoms with Crippen LogP contribution in [0.4, 0.5) is 5.69 Å². The van der Waals surface area contributed by atoms with E-state index in [1.165, 1.54) is 0 Å². The number of H-pyrrole nitrogens is 1. The Morgan fingerprint density at radius 3 is 2.86 bits per heavy atom. The quantitative estimate of drug-likeness (QED) is 0.713. The molecule has 4 heterocycles. The van der Waals surface area contributed by atoms with Crippen LogP contribution in [0.15, 0.2) is 48.9 Å². The fraction of sp³-hybridized carbons (Fsp3) is 0.400. The molecule has 4 rings (SSSR count). The van der Waals surface area contributed by atoms with Crippen LogP contribution in [-0.2, 0) is 15.8 Å². The molecule has 3 aromatic heterocycles. The van der Waals surface area contributed by atoms with Crippen molar-refractivity contribution in [3.8, 4) is 0 Å². The average molecular weight is 400 g/mol. The van der Waals surface area contributed by atoms with Gasteiger partial charge in [0.1, 0.15) is 11.4 Å². The van der Waals surface area contributed by atoms with Crippen LogP contribution in [0.1, 0.15) is 19.0 Å². The number of anilines is 1. The lowest BCUT2D eigenvalue weighted by Crippen LogP contribution is -2.52. The zero-order valence-corrected chi connectivity index (χ0v) is 16.9.